The highest BCUT2D eigenvalue weighted by Gasteiger charge is 2.13. The lowest BCUT2D eigenvalue weighted by molar-refractivity contribution is -0.121. The second kappa shape index (κ2) is 10.2. The molecule has 6 nitrogen and oxygen atoms in total. The second-order valence-corrected chi connectivity index (χ2v) is 7.14. The van der Waals surface area contributed by atoms with Gasteiger partial charge in [0, 0.05) is 16.6 Å². The Hall–Kier alpha value is -1.76. The van der Waals surface area contributed by atoms with Crippen LogP contribution in [0.5, 0.6) is 5.75 Å². The summed E-state index contributed by atoms with van der Waals surface area (Å²) in [5.74, 6) is 1.29. The van der Waals surface area contributed by atoms with Gasteiger partial charge in [0.2, 0.25) is 5.91 Å². The van der Waals surface area contributed by atoms with Gasteiger partial charge < -0.3 is 20.7 Å². The smallest absolute Gasteiger partial charge is 0.242 e. The van der Waals surface area contributed by atoms with E-state index in [9.17, 15) is 4.79 Å². The molecule has 0 heterocycles. The molecule has 0 aliphatic carbocycles. The third-order valence-electron chi connectivity index (χ3n) is 2.70. The summed E-state index contributed by atoms with van der Waals surface area (Å²) in [5, 5.41) is 9.13. The Bertz CT molecular complexity index is 556. The normalized spacial score (nSPS) is 11.8. The van der Waals surface area contributed by atoms with Crippen LogP contribution in [0.15, 0.2) is 33.7 Å². The number of carbonyl (C=O) groups is 1. The molecule has 1 amide bonds. The van der Waals surface area contributed by atoms with Crippen molar-refractivity contribution >= 4 is 27.8 Å². The van der Waals surface area contributed by atoms with E-state index in [1.165, 1.54) is 0 Å². The molecular formula is C17H27BrN4O2. The highest BCUT2D eigenvalue weighted by atomic mass is 79.9. The fraction of sp³-hybridized carbons (Fsp3) is 0.529. The van der Waals surface area contributed by atoms with Crippen molar-refractivity contribution < 1.29 is 9.53 Å². The van der Waals surface area contributed by atoms with Crippen molar-refractivity contribution in [1.29, 1.82) is 0 Å². The third kappa shape index (κ3) is 9.39. The molecule has 1 rings (SSSR count). The fourth-order valence-electron chi connectivity index (χ4n) is 1.85. The molecule has 0 atom stereocenters. The van der Waals surface area contributed by atoms with Crippen LogP contribution in [0, 0.1) is 0 Å². The van der Waals surface area contributed by atoms with E-state index < -0.39 is 0 Å². The number of nitrogens with zero attached hydrogens (tertiary/aromatic N) is 1. The van der Waals surface area contributed by atoms with Crippen molar-refractivity contribution in [2.75, 3.05) is 26.2 Å². The molecule has 0 radical (unpaired) electrons. The molecule has 1 aromatic rings. The molecule has 24 heavy (non-hydrogen) atoms. The van der Waals surface area contributed by atoms with Crippen LogP contribution < -0.4 is 20.7 Å². The van der Waals surface area contributed by atoms with Crippen molar-refractivity contribution in [3.63, 3.8) is 0 Å². The Balaban J connectivity index is 2.39. The Labute approximate surface area is 152 Å². The highest BCUT2D eigenvalue weighted by molar-refractivity contribution is 9.10. The van der Waals surface area contributed by atoms with Crippen molar-refractivity contribution in [3.8, 4) is 5.75 Å². The lowest BCUT2D eigenvalue weighted by atomic mass is 10.1. The van der Waals surface area contributed by atoms with Crippen molar-refractivity contribution in [2.24, 2.45) is 4.99 Å². The van der Waals surface area contributed by atoms with Crippen molar-refractivity contribution in [2.45, 2.75) is 33.2 Å². The first-order chi connectivity index (χ1) is 11.3. The largest absolute Gasteiger partial charge is 0.492 e. The van der Waals surface area contributed by atoms with Gasteiger partial charge in [0.25, 0.3) is 0 Å². The summed E-state index contributed by atoms with van der Waals surface area (Å²) in [7, 11) is 0. The van der Waals surface area contributed by atoms with Crippen molar-refractivity contribution in [1.82, 2.24) is 16.0 Å². The van der Waals surface area contributed by atoms with Gasteiger partial charge in [0.05, 0.1) is 6.54 Å². The molecule has 0 aliphatic rings. The molecule has 0 aromatic heterocycles. The van der Waals surface area contributed by atoms with Gasteiger partial charge in [-0.15, -0.1) is 0 Å². The molecule has 0 fully saturated rings. The summed E-state index contributed by atoms with van der Waals surface area (Å²) in [6.07, 6.45) is 0. The van der Waals surface area contributed by atoms with E-state index in [1.54, 1.807) is 0 Å². The summed E-state index contributed by atoms with van der Waals surface area (Å²) in [5.41, 5.74) is -0.254. The van der Waals surface area contributed by atoms with E-state index in [0.717, 1.165) is 16.8 Å². The SMILES string of the molecule is CCNC(=NCC(=O)NC(C)(C)C)NCCOc1cccc(Br)c1. The number of carbonyl (C=O) groups excluding carboxylic acids is 1. The molecule has 7 heteroatoms. The van der Waals surface area contributed by atoms with Gasteiger partial charge in [-0.2, -0.15) is 0 Å². The van der Waals surface area contributed by atoms with Gasteiger partial charge in [-0.25, -0.2) is 4.99 Å². The van der Waals surface area contributed by atoms with E-state index in [1.807, 2.05) is 52.0 Å². The number of hydrogen-bond donors (Lipinski definition) is 3. The Morgan fingerprint density at radius 1 is 1.29 bits per heavy atom. The zero-order valence-corrected chi connectivity index (χ0v) is 16.4. The maximum atomic E-state index is 11.8. The van der Waals surface area contributed by atoms with E-state index in [-0.39, 0.29) is 18.0 Å². The van der Waals surface area contributed by atoms with E-state index in [0.29, 0.717) is 19.1 Å². The second-order valence-electron chi connectivity index (χ2n) is 6.23. The number of guanidine groups is 1. The summed E-state index contributed by atoms with van der Waals surface area (Å²) < 4.78 is 6.63. The standard InChI is InChI=1S/C17H27BrN4O2/c1-5-19-16(21-12-15(23)22-17(2,3)4)20-9-10-24-14-8-6-7-13(18)11-14/h6-8,11H,5,9-10,12H2,1-4H3,(H,22,23)(H2,19,20,21). The van der Waals surface area contributed by atoms with Crippen LogP contribution in [-0.2, 0) is 4.79 Å². The average molecular weight is 399 g/mol. The molecule has 0 spiro atoms. The summed E-state index contributed by atoms with van der Waals surface area (Å²) in [6, 6.07) is 7.69. The minimum Gasteiger partial charge on any atom is -0.492 e. The number of halogens is 1. The van der Waals surface area contributed by atoms with Gasteiger partial charge in [-0.05, 0) is 45.9 Å². The Morgan fingerprint density at radius 3 is 2.67 bits per heavy atom. The van der Waals surface area contributed by atoms with E-state index in [2.05, 4.69) is 36.9 Å². The minimum atomic E-state index is -0.254. The predicted octanol–water partition coefficient (Wildman–Crippen LogP) is 2.30. The predicted molar refractivity (Wildman–Crippen MR) is 102 cm³/mol. The number of benzene rings is 1. The molecular weight excluding hydrogens is 372 g/mol. The van der Waals surface area contributed by atoms with Gasteiger partial charge in [-0.1, -0.05) is 22.0 Å². The van der Waals surface area contributed by atoms with E-state index in [4.69, 9.17) is 4.74 Å². The number of amides is 1. The lowest BCUT2D eigenvalue weighted by Crippen LogP contribution is -2.43. The number of aliphatic imine (C=N–C) groups is 1. The topological polar surface area (TPSA) is 74.8 Å². The quantitative estimate of drug-likeness (QED) is 0.374. The highest BCUT2D eigenvalue weighted by Crippen LogP contribution is 2.17. The maximum absolute atomic E-state index is 11.8. The first kappa shape index (κ1) is 20.3. The van der Waals surface area contributed by atoms with Gasteiger partial charge in [0.15, 0.2) is 5.96 Å². The third-order valence-corrected chi connectivity index (χ3v) is 3.19. The van der Waals surface area contributed by atoms with Gasteiger partial charge >= 0.3 is 0 Å². The maximum Gasteiger partial charge on any atom is 0.242 e. The molecule has 0 unspecified atom stereocenters. The zero-order chi connectivity index (χ0) is 18.0. The number of hydrogen-bond acceptors (Lipinski definition) is 3. The van der Waals surface area contributed by atoms with E-state index >= 15 is 0 Å². The van der Waals surface area contributed by atoms with Crippen LogP contribution in [0.25, 0.3) is 0 Å². The lowest BCUT2D eigenvalue weighted by Gasteiger charge is -2.20. The van der Waals surface area contributed by atoms with Crippen LogP contribution in [0.3, 0.4) is 0 Å². The van der Waals surface area contributed by atoms with Crippen LogP contribution in [0.1, 0.15) is 27.7 Å². The number of rotatable bonds is 7. The molecule has 0 bridgehead atoms. The monoisotopic (exact) mass is 398 g/mol. The first-order valence-electron chi connectivity index (χ1n) is 8.01. The van der Waals surface area contributed by atoms with Gasteiger partial charge in [0.1, 0.15) is 18.9 Å². The summed E-state index contributed by atoms with van der Waals surface area (Å²) >= 11 is 3.41. The van der Waals surface area contributed by atoms with Crippen LogP contribution in [0.4, 0.5) is 0 Å². The zero-order valence-electron chi connectivity index (χ0n) is 14.8. The molecule has 134 valence electrons. The van der Waals surface area contributed by atoms with Crippen LogP contribution in [-0.4, -0.2) is 43.6 Å². The Morgan fingerprint density at radius 2 is 2.04 bits per heavy atom. The minimum absolute atomic E-state index is 0.0824. The Kier molecular flexibility index (Phi) is 8.60. The van der Waals surface area contributed by atoms with Gasteiger partial charge in [-0.3, -0.25) is 4.79 Å². The molecule has 0 saturated heterocycles. The summed E-state index contributed by atoms with van der Waals surface area (Å²) in [6.45, 7) is 9.68. The first-order valence-corrected chi connectivity index (χ1v) is 8.81. The molecule has 0 saturated carbocycles. The number of ether oxygens (including phenoxy) is 1. The fourth-order valence-corrected chi connectivity index (χ4v) is 2.22. The molecule has 1 aromatic carbocycles. The molecule has 3 N–H and O–H groups in total. The summed E-state index contributed by atoms with van der Waals surface area (Å²) in [4.78, 5) is 16.1. The van der Waals surface area contributed by atoms with Crippen LogP contribution >= 0.6 is 15.9 Å². The average Bonchev–Trinajstić information content (AvgIpc) is 2.47. The molecule has 0 aliphatic heterocycles. The van der Waals surface area contributed by atoms with Crippen LogP contribution in [0.2, 0.25) is 0 Å². The van der Waals surface area contributed by atoms with Crippen molar-refractivity contribution in [3.05, 3.63) is 28.7 Å². The number of nitrogens with one attached hydrogen (secondary N) is 3.